The van der Waals surface area contributed by atoms with Gasteiger partial charge >= 0.3 is 0 Å². The van der Waals surface area contributed by atoms with E-state index in [9.17, 15) is 36.3 Å². The maximum Gasteiger partial charge on any atom is 0.286 e. The zero-order chi connectivity index (χ0) is 28.7. The van der Waals surface area contributed by atoms with Crippen LogP contribution < -0.4 is 5.73 Å². The van der Waals surface area contributed by atoms with Crippen molar-refractivity contribution in [3.63, 3.8) is 0 Å². The minimum atomic E-state index is -4.86. The van der Waals surface area contributed by atoms with Crippen LogP contribution in [-0.2, 0) is 10.0 Å². The minimum absolute atomic E-state index is 0.186. The van der Waals surface area contributed by atoms with Crippen molar-refractivity contribution in [1.29, 1.82) is 0 Å². The monoisotopic (exact) mass is 558 g/mol. The van der Waals surface area contributed by atoms with Crippen LogP contribution in [0.15, 0.2) is 70.0 Å². The van der Waals surface area contributed by atoms with Crippen LogP contribution in [0.1, 0.15) is 46.3 Å². The number of sulfonamides is 1. The summed E-state index contributed by atoms with van der Waals surface area (Å²) in [6.45, 7) is 2.33. The molecule has 4 N–H and O–H groups in total. The first-order valence-electron chi connectivity index (χ1n) is 11.3. The van der Waals surface area contributed by atoms with Crippen LogP contribution >= 0.6 is 0 Å². The number of hydrogen-bond donors (Lipinski definition) is 3. The Morgan fingerprint density at radius 3 is 2.21 bits per heavy atom. The molecule has 0 aliphatic rings. The standard InChI is InChI=1S/C26H21F3N4O5S/c1-26(2,36)25(30)33-39(37,38)20-11-13(7-8-17(20)29)22(34)21(23(35)14-9-15(27)12-16(28)10-14)24-31-18-5-3-4-6-19(18)32-24/h3-12,21,36H,1-2H3,(H2,30,33)(H,31,32). The van der Waals surface area contributed by atoms with Gasteiger partial charge in [-0.25, -0.2) is 18.2 Å². The number of nitrogens with one attached hydrogen (secondary N) is 1. The number of nitrogens with zero attached hydrogens (tertiary/aromatic N) is 2. The number of rotatable bonds is 8. The molecule has 1 heterocycles. The van der Waals surface area contributed by atoms with E-state index in [1.807, 2.05) is 0 Å². The molecule has 1 atom stereocenters. The van der Waals surface area contributed by atoms with Crippen LogP contribution in [0, 0.1) is 17.5 Å². The Bertz CT molecular complexity index is 1710. The van der Waals surface area contributed by atoms with Gasteiger partial charge in [-0.2, -0.15) is 8.42 Å². The molecule has 13 heteroatoms. The van der Waals surface area contributed by atoms with E-state index in [-0.39, 0.29) is 5.82 Å². The molecule has 202 valence electrons. The van der Waals surface area contributed by atoms with Crippen molar-refractivity contribution in [2.24, 2.45) is 10.1 Å². The number of carbonyl (C=O) groups is 2. The number of Topliss-reactive ketones (excluding diaryl/α,β-unsaturated/α-hetero) is 2. The fraction of sp³-hybridized carbons (Fsp3) is 0.154. The third kappa shape index (κ3) is 5.73. The summed E-state index contributed by atoms with van der Waals surface area (Å²) in [6, 6.07) is 10.8. The second-order valence-corrected chi connectivity index (χ2v) is 10.7. The van der Waals surface area contributed by atoms with Gasteiger partial charge in [0.2, 0.25) is 0 Å². The van der Waals surface area contributed by atoms with E-state index < -0.39 is 72.4 Å². The normalized spacial score (nSPS) is 13.4. The maximum atomic E-state index is 14.6. The summed E-state index contributed by atoms with van der Waals surface area (Å²) in [5, 5.41) is 9.91. The molecule has 39 heavy (non-hydrogen) atoms. The number of carbonyl (C=O) groups excluding carboxylic acids is 2. The lowest BCUT2D eigenvalue weighted by molar-refractivity contribution is 0.0855. The van der Waals surface area contributed by atoms with E-state index in [2.05, 4.69) is 14.4 Å². The summed E-state index contributed by atoms with van der Waals surface area (Å²) < 4.78 is 71.2. The average Bonchev–Trinajstić information content (AvgIpc) is 3.26. The van der Waals surface area contributed by atoms with Crippen LogP contribution in [0.2, 0.25) is 0 Å². The smallest absolute Gasteiger partial charge is 0.286 e. The molecular formula is C26H21F3N4O5S. The van der Waals surface area contributed by atoms with Crippen molar-refractivity contribution in [1.82, 2.24) is 9.97 Å². The average molecular weight is 559 g/mol. The molecular weight excluding hydrogens is 537 g/mol. The van der Waals surface area contributed by atoms with E-state index in [4.69, 9.17) is 5.73 Å². The van der Waals surface area contributed by atoms with E-state index in [1.54, 1.807) is 24.3 Å². The van der Waals surface area contributed by atoms with E-state index in [1.165, 1.54) is 0 Å². The number of amidine groups is 1. The molecule has 0 amide bonds. The van der Waals surface area contributed by atoms with Crippen molar-refractivity contribution in [3.05, 3.63) is 95.1 Å². The van der Waals surface area contributed by atoms with Gasteiger partial charge in [0, 0.05) is 17.2 Å². The lowest BCUT2D eigenvalue weighted by atomic mass is 9.89. The summed E-state index contributed by atoms with van der Waals surface area (Å²) in [7, 11) is -4.86. The number of H-pyrrole nitrogens is 1. The van der Waals surface area contributed by atoms with Crippen LogP contribution in [-0.4, -0.2) is 46.5 Å². The van der Waals surface area contributed by atoms with E-state index >= 15 is 0 Å². The molecule has 1 aromatic heterocycles. The van der Waals surface area contributed by atoms with Gasteiger partial charge < -0.3 is 15.8 Å². The van der Waals surface area contributed by atoms with Crippen molar-refractivity contribution >= 4 is 38.5 Å². The molecule has 0 radical (unpaired) electrons. The molecule has 0 aliphatic heterocycles. The Morgan fingerprint density at radius 2 is 1.59 bits per heavy atom. The zero-order valence-corrected chi connectivity index (χ0v) is 21.3. The fourth-order valence-corrected chi connectivity index (χ4v) is 4.82. The second kappa shape index (κ2) is 10.1. The largest absolute Gasteiger partial charge is 0.384 e. The van der Waals surface area contributed by atoms with E-state index in [0.717, 1.165) is 32.0 Å². The summed E-state index contributed by atoms with van der Waals surface area (Å²) in [6.07, 6.45) is 0. The number of fused-ring (bicyclic) bond motifs is 1. The molecule has 4 aromatic rings. The van der Waals surface area contributed by atoms with Crippen LogP contribution in [0.5, 0.6) is 0 Å². The number of para-hydroxylation sites is 2. The molecule has 0 saturated heterocycles. The third-order valence-electron chi connectivity index (χ3n) is 5.69. The van der Waals surface area contributed by atoms with E-state index in [0.29, 0.717) is 29.2 Å². The number of imidazole rings is 1. The Kier molecular flexibility index (Phi) is 7.15. The SMILES string of the molecule is CC(C)(O)C(N)=NS(=O)(=O)c1cc(C(=O)C(C(=O)c2cc(F)cc(F)c2)c2nc3ccccc3[nH]2)ccc1F. The molecule has 3 aromatic carbocycles. The van der Waals surface area contributed by atoms with Gasteiger partial charge in [0.25, 0.3) is 10.0 Å². The highest BCUT2D eigenvalue weighted by atomic mass is 32.2. The summed E-state index contributed by atoms with van der Waals surface area (Å²) in [5.41, 5.74) is 3.57. The Morgan fingerprint density at radius 1 is 0.974 bits per heavy atom. The highest BCUT2D eigenvalue weighted by Gasteiger charge is 2.35. The number of aromatic nitrogens is 2. The quantitative estimate of drug-likeness (QED) is 0.129. The second-order valence-electron chi connectivity index (χ2n) is 9.11. The number of aliphatic hydroxyl groups is 1. The molecule has 0 spiro atoms. The molecule has 0 aliphatic carbocycles. The van der Waals surface area contributed by atoms with Crippen LogP contribution in [0.3, 0.4) is 0 Å². The van der Waals surface area contributed by atoms with Gasteiger partial charge in [-0.3, -0.25) is 9.59 Å². The Balaban J connectivity index is 1.86. The highest BCUT2D eigenvalue weighted by molar-refractivity contribution is 7.90. The summed E-state index contributed by atoms with van der Waals surface area (Å²) in [4.78, 5) is 33.2. The molecule has 0 saturated carbocycles. The predicted octanol–water partition coefficient (Wildman–Crippen LogP) is 3.65. The van der Waals surface area contributed by atoms with Gasteiger partial charge in [0.05, 0.1) is 11.0 Å². The number of benzene rings is 3. The maximum absolute atomic E-state index is 14.6. The third-order valence-corrected chi connectivity index (χ3v) is 7.00. The van der Waals surface area contributed by atoms with Crippen molar-refractivity contribution in [3.8, 4) is 0 Å². The number of hydrogen-bond acceptors (Lipinski definition) is 6. The number of halogens is 3. The van der Waals surface area contributed by atoms with Crippen LogP contribution in [0.25, 0.3) is 11.0 Å². The van der Waals surface area contributed by atoms with Gasteiger partial charge in [-0.05, 0) is 56.3 Å². The van der Waals surface area contributed by atoms with Gasteiger partial charge in [0.15, 0.2) is 11.6 Å². The number of aromatic amines is 1. The topological polar surface area (TPSA) is 156 Å². The molecule has 4 rings (SSSR count). The summed E-state index contributed by atoms with van der Waals surface area (Å²) in [5.74, 6) is -8.23. The minimum Gasteiger partial charge on any atom is -0.384 e. The molecule has 0 fully saturated rings. The van der Waals surface area contributed by atoms with Gasteiger partial charge in [-0.1, -0.05) is 12.1 Å². The molecule has 0 bridgehead atoms. The summed E-state index contributed by atoms with van der Waals surface area (Å²) >= 11 is 0. The lowest BCUT2D eigenvalue weighted by Crippen LogP contribution is -2.38. The highest BCUT2D eigenvalue weighted by Crippen LogP contribution is 2.29. The first-order chi connectivity index (χ1) is 18.2. The number of nitrogens with two attached hydrogens (primary N) is 1. The first-order valence-corrected chi connectivity index (χ1v) is 12.7. The van der Waals surface area contributed by atoms with Gasteiger partial charge in [0.1, 0.15) is 45.5 Å². The number of ketones is 2. The zero-order valence-electron chi connectivity index (χ0n) is 20.4. The predicted molar refractivity (Wildman–Crippen MR) is 135 cm³/mol. The van der Waals surface area contributed by atoms with Gasteiger partial charge in [-0.15, -0.1) is 4.40 Å². The van der Waals surface area contributed by atoms with Crippen molar-refractivity contribution in [2.45, 2.75) is 30.3 Å². The Hall–Kier alpha value is -4.36. The Labute approximate surface area is 220 Å². The molecule has 9 nitrogen and oxygen atoms in total. The lowest BCUT2D eigenvalue weighted by Gasteiger charge is -2.16. The first kappa shape index (κ1) is 27.7. The van der Waals surface area contributed by atoms with Crippen molar-refractivity contribution in [2.75, 3.05) is 0 Å². The molecule has 1 unspecified atom stereocenters. The van der Waals surface area contributed by atoms with Crippen molar-refractivity contribution < 1.29 is 36.3 Å². The fourth-order valence-electron chi connectivity index (χ4n) is 3.65. The van der Waals surface area contributed by atoms with Crippen LogP contribution in [0.4, 0.5) is 13.2 Å².